The number of fused-ring (bicyclic) bond motifs is 3. The first-order valence-corrected chi connectivity index (χ1v) is 8.90. The van der Waals surface area contributed by atoms with Crippen LogP contribution in [0, 0.1) is 5.41 Å². The van der Waals surface area contributed by atoms with Crippen LogP contribution < -0.4 is 4.74 Å². The average molecular weight is 328 g/mol. The van der Waals surface area contributed by atoms with Crippen LogP contribution in [0.1, 0.15) is 69.6 Å². The van der Waals surface area contributed by atoms with E-state index in [0.717, 1.165) is 47.3 Å². The van der Waals surface area contributed by atoms with Crippen LogP contribution in [0.4, 0.5) is 0 Å². The highest BCUT2D eigenvalue weighted by Crippen LogP contribution is 2.55. The van der Waals surface area contributed by atoms with Crippen LogP contribution in [0.3, 0.4) is 0 Å². The van der Waals surface area contributed by atoms with E-state index >= 15 is 0 Å². The maximum atomic E-state index is 12.5. The molecule has 1 saturated carbocycles. The van der Waals surface area contributed by atoms with Crippen molar-refractivity contribution >= 4 is 5.97 Å². The fourth-order valence-electron chi connectivity index (χ4n) is 4.76. The van der Waals surface area contributed by atoms with E-state index in [4.69, 9.17) is 4.74 Å². The van der Waals surface area contributed by atoms with Crippen molar-refractivity contribution in [1.29, 1.82) is 0 Å². The first-order chi connectivity index (χ1) is 11.2. The van der Waals surface area contributed by atoms with Gasteiger partial charge in [-0.15, -0.1) is 0 Å². The molecule has 0 aromatic heterocycles. The van der Waals surface area contributed by atoms with Crippen molar-refractivity contribution < 1.29 is 14.6 Å². The number of aliphatic carboxylic acids is 1. The van der Waals surface area contributed by atoms with Crippen molar-refractivity contribution in [3.05, 3.63) is 40.5 Å². The smallest absolute Gasteiger partial charge is 0.318 e. The third-order valence-electron chi connectivity index (χ3n) is 5.97. The average Bonchev–Trinajstić information content (AvgIpc) is 2.52. The molecule has 0 radical (unpaired) electrons. The van der Waals surface area contributed by atoms with Crippen LogP contribution in [0.2, 0.25) is 0 Å². The lowest BCUT2D eigenvalue weighted by molar-refractivity contribution is -0.144. The number of hydrogen-bond acceptors (Lipinski definition) is 2. The van der Waals surface area contributed by atoms with Crippen molar-refractivity contribution in [3.8, 4) is 5.75 Å². The molecule has 0 aliphatic heterocycles. The molecule has 3 nitrogen and oxygen atoms in total. The van der Waals surface area contributed by atoms with Crippen molar-refractivity contribution in [3.63, 3.8) is 0 Å². The molecule has 1 aromatic rings. The highest BCUT2D eigenvalue weighted by Gasteiger charge is 2.53. The lowest BCUT2D eigenvalue weighted by Gasteiger charge is -2.48. The summed E-state index contributed by atoms with van der Waals surface area (Å²) in [5.74, 6) is 0.440. The van der Waals surface area contributed by atoms with Crippen LogP contribution in [-0.4, -0.2) is 18.2 Å². The fourth-order valence-corrected chi connectivity index (χ4v) is 4.76. The van der Waals surface area contributed by atoms with Gasteiger partial charge in [-0.1, -0.05) is 46.3 Å². The van der Waals surface area contributed by atoms with Crippen LogP contribution >= 0.6 is 0 Å². The molecular weight excluding hydrogens is 300 g/mol. The lowest BCUT2D eigenvalue weighted by Crippen LogP contribution is -2.48. The summed E-state index contributed by atoms with van der Waals surface area (Å²) in [6.07, 6.45) is 5.66. The number of carboxylic acid groups (broad SMARTS) is 1. The number of allylic oxidation sites excluding steroid dienone is 1. The predicted molar refractivity (Wildman–Crippen MR) is 95.8 cm³/mol. The van der Waals surface area contributed by atoms with E-state index in [1.165, 1.54) is 0 Å². The summed E-state index contributed by atoms with van der Waals surface area (Å²) in [5.41, 5.74) is 3.37. The first kappa shape index (κ1) is 17.1. The van der Waals surface area contributed by atoms with Crippen molar-refractivity contribution in [2.24, 2.45) is 5.41 Å². The maximum Gasteiger partial charge on any atom is 0.318 e. The Bertz CT molecular complexity index is 712. The minimum absolute atomic E-state index is 0.0711. The van der Waals surface area contributed by atoms with Crippen molar-refractivity contribution in [2.75, 3.05) is 7.11 Å². The van der Waals surface area contributed by atoms with Crippen LogP contribution in [0.15, 0.2) is 23.8 Å². The molecule has 1 atom stereocenters. The Hall–Kier alpha value is -1.77. The molecule has 1 N–H and O–H groups in total. The molecule has 1 aromatic carbocycles. The van der Waals surface area contributed by atoms with Gasteiger partial charge in [-0.25, -0.2) is 0 Å². The molecule has 0 heterocycles. The van der Waals surface area contributed by atoms with E-state index in [1.54, 1.807) is 7.11 Å². The molecule has 2 aliphatic rings. The second-order valence-corrected chi connectivity index (χ2v) is 8.18. The third-order valence-corrected chi connectivity index (χ3v) is 5.97. The van der Waals surface area contributed by atoms with E-state index in [1.807, 2.05) is 6.07 Å². The third kappa shape index (κ3) is 2.28. The summed E-state index contributed by atoms with van der Waals surface area (Å²) in [6.45, 7) is 8.65. The van der Waals surface area contributed by atoms with Gasteiger partial charge in [0.15, 0.2) is 0 Å². The number of methoxy groups -OCH3 is 1. The Morgan fingerprint density at radius 1 is 1.25 bits per heavy atom. The summed E-state index contributed by atoms with van der Waals surface area (Å²) < 4.78 is 5.62. The number of carboxylic acids is 1. The van der Waals surface area contributed by atoms with E-state index in [0.29, 0.717) is 12.3 Å². The molecule has 3 rings (SSSR count). The zero-order valence-electron chi connectivity index (χ0n) is 15.4. The van der Waals surface area contributed by atoms with Gasteiger partial charge in [-0.2, -0.15) is 0 Å². The molecule has 3 heteroatoms. The van der Waals surface area contributed by atoms with Gasteiger partial charge < -0.3 is 9.84 Å². The van der Waals surface area contributed by atoms with Gasteiger partial charge in [0.25, 0.3) is 0 Å². The highest BCUT2D eigenvalue weighted by atomic mass is 16.5. The summed E-state index contributed by atoms with van der Waals surface area (Å²) in [5, 5.41) is 10.3. The summed E-state index contributed by atoms with van der Waals surface area (Å²) >= 11 is 0. The Morgan fingerprint density at radius 2 is 1.96 bits per heavy atom. The van der Waals surface area contributed by atoms with E-state index in [-0.39, 0.29) is 5.41 Å². The summed E-state index contributed by atoms with van der Waals surface area (Å²) in [4.78, 5) is 12.5. The molecule has 0 amide bonds. The standard InChI is InChI=1S/C21H28O3/c1-13(2)15-11-14-7-8-18-20(3,4)9-6-10-21(18,19(22)23)16(14)12-17(15)24-5/h8,11-13H,6-7,9-10H2,1-5H3,(H,22,23)/t21-/m0/s1. The number of carbonyl (C=O) groups is 1. The Balaban J connectivity index is 2.28. The van der Waals surface area contributed by atoms with Gasteiger partial charge in [-0.3, -0.25) is 4.79 Å². The Morgan fingerprint density at radius 3 is 2.54 bits per heavy atom. The normalized spacial score (nSPS) is 24.8. The van der Waals surface area contributed by atoms with Gasteiger partial charge in [0, 0.05) is 0 Å². The summed E-state index contributed by atoms with van der Waals surface area (Å²) in [6, 6.07) is 4.17. The van der Waals surface area contributed by atoms with Crippen LogP contribution in [0.5, 0.6) is 5.75 Å². The number of rotatable bonds is 3. The van der Waals surface area contributed by atoms with Crippen molar-refractivity contribution in [2.45, 2.75) is 64.7 Å². The van der Waals surface area contributed by atoms with Crippen molar-refractivity contribution in [1.82, 2.24) is 0 Å². The molecule has 0 unspecified atom stereocenters. The molecule has 2 aliphatic carbocycles. The molecule has 24 heavy (non-hydrogen) atoms. The van der Waals surface area contributed by atoms with Gasteiger partial charge in [-0.05, 0) is 58.9 Å². The second kappa shape index (κ2) is 5.65. The topological polar surface area (TPSA) is 46.5 Å². The molecule has 0 bridgehead atoms. The first-order valence-electron chi connectivity index (χ1n) is 8.90. The Kier molecular flexibility index (Phi) is 4.01. The molecular formula is C21H28O3. The zero-order valence-corrected chi connectivity index (χ0v) is 15.4. The fraction of sp³-hybridized carbons (Fsp3) is 0.571. The minimum atomic E-state index is -0.891. The van der Waals surface area contributed by atoms with Crippen LogP contribution in [-0.2, 0) is 16.6 Å². The monoisotopic (exact) mass is 328 g/mol. The quantitative estimate of drug-likeness (QED) is 0.808. The van der Waals surface area contributed by atoms with E-state index in [2.05, 4.69) is 39.8 Å². The largest absolute Gasteiger partial charge is 0.496 e. The van der Waals surface area contributed by atoms with Crippen LogP contribution in [0.25, 0.3) is 0 Å². The molecule has 0 spiro atoms. The number of benzene rings is 1. The van der Waals surface area contributed by atoms with E-state index < -0.39 is 11.4 Å². The maximum absolute atomic E-state index is 12.5. The minimum Gasteiger partial charge on any atom is -0.496 e. The lowest BCUT2D eigenvalue weighted by atomic mass is 9.54. The molecule has 130 valence electrons. The zero-order chi connectivity index (χ0) is 17.7. The molecule has 0 saturated heterocycles. The number of ether oxygens (including phenoxy) is 1. The van der Waals surface area contributed by atoms with Gasteiger partial charge >= 0.3 is 5.97 Å². The van der Waals surface area contributed by atoms with E-state index in [9.17, 15) is 9.90 Å². The second-order valence-electron chi connectivity index (χ2n) is 8.18. The number of hydrogen-bond donors (Lipinski definition) is 1. The Labute approximate surface area is 144 Å². The van der Waals surface area contributed by atoms with Gasteiger partial charge in [0.1, 0.15) is 11.2 Å². The SMILES string of the molecule is COc1cc2c(cc1C(C)C)CC=C1C(C)(C)CCC[C@@]12C(=O)O. The summed E-state index contributed by atoms with van der Waals surface area (Å²) in [7, 11) is 1.67. The van der Waals surface area contributed by atoms with Gasteiger partial charge in [0.05, 0.1) is 7.11 Å². The van der Waals surface area contributed by atoms with Gasteiger partial charge in [0.2, 0.25) is 0 Å². The highest BCUT2D eigenvalue weighted by molar-refractivity contribution is 5.88. The predicted octanol–water partition coefficient (Wildman–Crippen LogP) is 4.83. The molecule has 1 fully saturated rings.